The minimum Gasteiger partial charge on any atom is -0.367 e. The Morgan fingerprint density at radius 3 is 2.80 bits per heavy atom. The molecule has 0 N–H and O–H groups in total. The highest BCUT2D eigenvalue weighted by atomic mass is 35.5. The first-order valence-electron chi connectivity index (χ1n) is 4.83. The van der Waals surface area contributed by atoms with E-state index in [-0.39, 0.29) is 0 Å². The Hall–Kier alpha value is -1.28. The Kier molecular flexibility index (Phi) is 4.37. The van der Waals surface area contributed by atoms with Crippen LogP contribution in [0.5, 0.6) is 0 Å². The van der Waals surface area contributed by atoms with Crippen molar-refractivity contribution in [3.05, 3.63) is 41.4 Å². The number of hydrogen-bond donors (Lipinski definition) is 0. The molecule has 0 radical (unpaired) electrons. The van der Waals surface area contributed by atoms with Gasteiger partial charge in [0, 0.05) is 29.4 Å². The summed E-state index contributed by atoms with van der Waals surface area (Å²) in [6.45, 7) is 7.23. The summed E-state index contributed by atoms with van der Waals surface area (Å²) in [5.41, 5.74) is 1.52. The third kappa shape index (κ3) is 2.83. The molecule has 15 heavy (non-hydrogen) atoms. The molecule has 0 aliphatic carbocycles. The van der Waals surface area contributed by atoms with E-state index in [2.05, 4.69) is 6.58 Å². The van der Waals surface area contributed by atoms with E-state index in [1.54, 1.807) is 24.3 Å². The summed E-state index contributed by atoms with van der Waals surface area (Å²) in [7, 11) is 0. The molecule has 0 bridgehead atoms. The number of aldehydes is 1. The van der Waals surface area contributed by atoms with Crippen LogP contribution < -0.4 is 4.90 Å². The minimum absolute atomic E-state index is 0.637. The van der Waals surface area contributed by atoms with E-state index in [4.69, 9.17) is 11.6 Å². The average molecular weight is 224 g/mol. The molecule has 1 aromatic carbocycles. The van der Waals surface area contributed by atoms with Gasteiger partial charge in [0.2, 0.25) is 0 Å². The smallest absolute Gasteiger partial charge is 0.152 e. The SMILES string of the molecule is C=CCN(CC)c1cc(Cl)ccc1C=O. The van der Waals surface area contributed by atoms with E-state index >= 15 is 0 Å². The summed E-state index contributed by atoms with van der Waals surface area (Å²) in [4.78, 5) is 12.9. The Balaban J connectivity index is 3.12. The fourth-order valence-corrected chi connectivity index (χ4v) is 1.61. The van der Waals surface area contributed by atoms with E-state index in [0.717, 1.165) is 18.5 Å². The second kappa shape index (κ2) is 5.56. The van der Waals surface area contributed by atoms with Crippen molar-refractivity contribution in [2.45, 2.75) is 6.92 Å². The van der Waals surface area contributed by atoms with Crippen molar-refractivity contribution in [3.8, 4) is 0 Å². The fraction of sp³-hybridized carbons (Fsp3) is 0.250. The lowest BCUT2D eigenvalue weighted by atomic mass is 10.1. The van der Waals surface area contributed by atoms with E-state index < -0.39 is 0 Å². The third-order valence-electron chi connectivity index (χ3n) is 2.19. The molecule has 0 atom stereocenters. The fourth-order valence-electron chi connectivity index (χ4n) is 1.44. The van der Waals surface area contributed by atoms with Gasteiger partial charge in [-0.2, -0.15) is 0 Å². The Labute approximate surface area is 95.2 Å². The molecule has 0 spiro atoms. The van der Waals surface area contributed by atoms with E-state index in [9.17, 15) is 4.79 Å². The topological polar surface area (TPSA) is 20.3 Å². The molecule has 3 heteroatoms. The maximum Gasteiger partial charge on any atom is 0.152 e. The maximum absolute atomic E-state index is 10.9. The molecule has 0 unspecified atom stereocenters. The molecule has 80 valence electrons. The van der Waals surface area contributed by atoms with E-state index in [1.165, 1.54) is 0 Å². The van der Waals surface area contributed by atoms with Gasteiger partial charge in [-0.3, -0.25) is 4.79 Å². The molecule has 0 saturated heterocycles. The lowest BCUT2D eigenvalue weighted by Crippen LogP contribution is -2.23. The highest BCUT2D eigenvalue weighted by molar-refractivity contribution is 6.31. The number of nitrogens with zero attached hydrogens (tertiary/aromatic N) is 1. The number of hydrogen-bond acceptors (Lipinski definition) is 2. The predicted octanol–water partition coefficient (Wildman–Crippen LogP) is 3.16. The van der Waals surface area contributed by atoms with Gasteiger partial charge in [-0.1, -0.05) is 17.7 Å². The van der Waals surface area contributed by atoms with Crippen molar-refractivity contribution in [2.75, 3.05) is 18.0 Å². The highest BCUT2D eigenvalue weighted by Gasteiger charge is 2.08. The van der Waals surface area contributed by atoms with Gasteiger partial charge in [-0.05, 0) is 25.1 Å². The standard InChI is InChI=1S/C12H14ClNO/c1-3-7-14(4-2)12-8-11(13)6-5-10(12)9-15/h3,5-6,8-9H,1,4,7H2,2H3. The van der Waals surface area contributed by atoms with Crippen LogP contribution in [0.15, 0.2) is 30.9 Å². The summed E-state index contributed by atoms with van der Waals surface area (Å²) >= 11 is 5.91. The van der Waals surface area contributed by atoms with Crippen LogP contribution in [0.2, 0.25) is 5.02 Å². The first kappa shape index (κ1) is 11.8. The largest absolute Gasteiger partial charge is 0.367 e. The summed E-state index contributed by atoms with van der Waals surface area (Å²) in [6, 6.07) is 5.26. The monoisotopic (exact) mass is 223 g/mol. The molecule has 0 heterocycles. The summed E-state index contributed by atoms with van der Waals surface area (Å²) < 4.78 is 0. The van der Waals surface area contributed by atoms with Crippen LogP contribution in [0.4, 0.5) is 5.69 Å². The first-order chi connectivity index (χ1) is 7.22. The van der Waals surface area contributed by atoms with Gasteiger partial charge in [-0.15, -0.1) is 6.58 Å². The number of halogens is 1. The zero-order valence-electron chi connectivity index (χ0n) is 8.74. The molecule has 2 nitrogen and oxygen atoms in total. The molecule has 0 aromatic heterocycles. The van der Waals surface area contributed by atoms with Crippen molar-refractivity contribution >= 4 is 23.6 Å². The van der Waals surface area contributed by atoms with Crippen LogP contribution in [0.1, 0.15) is 17.3 Å². The number of anilines is 1. The lowest BCUT2D eigenvalue weighted by Gasteiger charge is -2.22. The van der Waals surface area contributed by atoms with Crippen molar-refractivity contribution in [1.29, 1.82) is 0 Å². The Morgan fingerprint density at radius 1 is 1.53 bits per heavy atom. The number of rotatable bonds is 5. The number of benzene rings is 1. The molecule has 0 fully saturated rings. The van der Waals surface area contributed by atoms with Gasteiger partial charge in [0.25, 0.3) is 0 Å². The van der Waals surface area contributed by atoms with E-state index in [0.29, 0.717) is 17.1 Å². The van der Waals surface area contributed by atoms with Gasteiger partial charge < -0.3 is 4.90 Å². The van der Waals surface area contributed by atoms with Crippen molar-refractivity contribution in [1.82, 2.24) is 0 Å². The van der Waals surface area contributed by atoms with Gasteiger partial charge in [0.05, 0.1) is 0 Å². The van der Waals surface area contributed by atoms with Crippen LogP contribution in [0.3, 0.4) is 0 Å². The summed E-state index contributed by atoms with van der Waals surface area (Å²) in [6.07, 6.45) is 2.65. The van der Waals surface area contributed by atoms with Crippen molar-refractivity contribution < 1.29 is 4.79 Å². The maximum atomic E-state index is 10.9. The van der Waals surface area contributed by atoms with Crippen LogP contribution in [0.25, 0.3) is 0 Å². The summed E-state index contributed by atoms with van der Waals surface area (Å²) in [5, 5.41) is 0.637. The third-order valence-corrected chi connectivity index (χ3v) is 2.43. The van der Waals surface area contributed by atoms with Crippen LogP contribution >= 0.6 is 11.6 Å². The molecule has 0 amide bonds. The Bertz CT molecular complexity index is 363. The lowest BCUT2D eigenvalue weighted by molar-refractivity contribution is 0.112. The van der Waals surface area contributed by atoms with Gasteiger partial charge >= 0.3 is 0 Å². The number of carbonyl (C=O) groups is 1. The average Bonchev–Trinajstić information content (AvgIpc) is 2.26. The zero-order valence-corrected chi connectivity index (χ0v) is 9.50. The van der Waals surface area contributed by atoms with Crippen LogP contribution in [0, 0.1) is 0 Å². The van der Waals surface area contributed by atoms with Crippen LogP contribution in [-0.2, 0) is 0 Å². The Morgan fingerprint density at radius 2 is 2.27 bits per heavy atom. The van der Waals surface area contributed by atoms with Gasteiger partial charge in [0.1, 0.15) is 0 Å². The molecule has 0 saturated carbocycles. The number of carbonyl (C=O) groups excluding carboxylic acids is 1. The molecule has 1 rings (SSSR count). The normalized spacial score (nSPS) is 9.73. The van der Waals surface area contributed by atoms with Gasteiger partial charge in [-0.25, -0.2) is 0 Å². The second-order valence-electron chi connectivity index (χ2n) is 3.15. The molecule has 0 aliphatic rings. The predicted molar refractivity (Wildman–Crippen MR) is 64.9 cm³/mol. The zero-order chi connectivity index (χ0) is 11.3. The molecular weight excluding hydrogens is 210 g/mol. The second-order valence-corrected chi connectivity index (χ2v) is 3.58. The first-order valence-corrected chi connectivity index (χ1v) is 5.21. The van der Waals surface area contributed by atoms with E-state index in [1.807, 2.05) is 11.8 Å². The molecular formula is C12H14ClNO. The summed E-state index contributed by atoms with van der Waals surface area (Å²) in [5.74, 6) is 0. The molecule has 0 aliphatic heterocycles. The highest BCUT2D eigenvalue weighted by Crippen LogP contribution is 2.23. The number of likely N-dealkylation sites (N-methyl/N-ethyl adjacent to an activating group) is 1. The van der Waals surface area contributed by atoms with Crippen molar-refractivity contribution in [3.63, 3.8) is 0 Å². The minimum atomic E-state index is 0.637. The van der Waals surface area contributed by atoms with Crippen molar-refractivity contribution in [2.24, 2.45) is 0 Å². The quantitative estimate of drug-likeness (QED) is 0.565. The van der Waals surface area contributed by atoms with Crippen LogP contribution in [-0.4, -0.2) is 19.4 Å². The van der Waals surface area contributed by atoms with Gasteiger partial charge in [0.15, 0.2) is 6.29 Å². The molecule has 1 aromatic rings.